The third-order valence-corrected chi connectivity index (χ3v) is 3.97. The molecule has 0 radical (unpaired) electrons. The van der Waals surface area contributed by atoms with E-state index in [1.165, 1.54) is 0 Å². The number of aromatic nitrogens is 2. The zero-order chi connectivity index (χ0) is 13.2. The molecule has 2 N–H and O–H groups in total. The number of nitrogens with zero attached hydrogens (tertiary/aromatic N) is 2. The molecule has 3 rings (SSSR count). The highest BCUT2D eigenvalue weighted by Crippen LogP contribution is 2.21. The van der Waals surface area contributed by atoms with Crippen molar-refractivity contribution in [2.24, 2.45) is 5.73 Å². The number of pyridine rings is 1. The molecule has 1 atom stereocenters. The molecule has 2 aromatic heterocycles. The van der Waals surface area contributed by atoms with Gasteiger partial charge >= 0.3 is 0 Å². The van der Waals surface area contributed by atoms with E-state index in [2.05, 4.69) is 33.5 Å². The van der Waals surface area contributed by atoms with E-state index in [4.69, 9.17) is 5.73 Å². The van der Waals surface area contributed by atoms with Crippen molar-refractivity contribution in [1.82, 2.24) is 9.97 Å². The lowest BCUT2D eigenvalue weighted by Gasteiger charge is -2.11. The maximum atomic E-state index is 6.27. The van der Waals surface area contributed by atoms with Gasteiger partial charge in [0.15, 0.2) is 0 Å². The van der Waals surface area contributed by atoms with Gasteiger partial charge in [-0.3, -0.25) is 4.98 Å². The maximum absolute atomic E-state index is 6.27. The summed E-state index contributed by atoms with van der Waals surface area (Å²) >= 11 is 1.67. The Morgan fingerprint density at radius 3 is 3.00 bits per heavy atom. The van der Waals surface area contributed by atoms with E-state index in [1.54, 1.807) is 17.5 Å². The fourth-order valence-corrected chi connectivity index (χ4v) is 2.80. The lowest BCUT2D eigenvalue weighted by Crippen LogP contribution is -2.13. The number of aryl methyl sites for hydroxylation is 1. The third kappa shape index (κ3) is 2.64. The molecule has 0 bridgehead atoms. The van der Waals surface area contributed by atoms with Crippen molar-refractivity contribution in [2.45, 2.75) is 19.4 Å². The molecule has 0 aliphatic heterocycles. The Labute approximate surface area is 116 Å². The maximum Gasteiger partial charge on any atom is 0.0897 e. The van der Waals surface area contributed by atoms with Crippen LogP contribution < -0.4 is 5.73 Å². The normalized spacial score (nSPS) is 12.7. The van der Waals surface area contributed by atoms with Gasteiger partial charge in [0.25, 0.3) is 0 Å². The van der Waals surface area contributed by atoms with Gasteiger partial charge in [0.2, 0.25) is 0 Å². The van der Waals surface area contributed by atoms with E-state index in [1.807, 2.05) is 19.1 Å². The zero-order valence-electron chi connectivity index (χ0n) is 10.7. The Morgan fingerprint density at radius 2 is 2.21 bits per heavy atom. The van der Waals surface area contributed by atoms with Crippen LogP contribution in [0.25, 0.3) is 10.9 Å². The smallest absolute Gasteiger partial charge is 0.0897 e. The number of nitrogens with two attached hydrogens (primary N) is 1. The first-order chi connectivity index (χ1) is 9.22. The van der Waals surface area contributed by atoms with Crippen LogP contribution >= 0.6 is 11.3 Å². The molecule has 96 valence electrons. The molecular weight excluding hydrogens is 254 g/mol. The lowest BCUT2D eigenvalue weighted by atomic mass is 10.0. The molecule has 0 aliphatic carbocycles. The van der Waals surface area contributed by atoms with Gasteiger partial charge in [0, 0.05) is 29.4 Å². The molecule has 0 aliphatic rings. The summed E-state index contributed by atoms with van der Waals surface area (Å²) in [4.78, 5) is 8.78. The van der Waals surface area contributed by atoms with Gasteiger partial charge in [-0.1, -0.05) is 12.1 Å². The Kier molecular flexibility index (Phi) is 3.27. The average molecular weight is 269 g/mol. The highest BCUT2D eigenvalue weighted by molar-refractivity contribution is 7.09. The molecular formula is C15H15N3S. The molecule has 0 amide bonds. The van der Waals surface area contributed by atoms with Crippen LogP contribution in [0.5, 0.6) is 0 Å². The monoisotopic (exact) mass is 269 g/mol. The number of benzene rings is 1. The van der Waals surface area contributed by atoms with Crippen molar-refractivity contribution in [2.75, 3.05) is 0 Å². The fourth-order valence-electron chi connectivity index (χ4n) is 2.17. The SMILES string of the molecule is Cc1nc(CC(N)c2ccc3ncccc3c2)cs1. The first-order valence-corrected chi connectivity index (χ1v) is 7.11. The second-order valence-electron chi connectivity index (χ2n) is 4.62. The van der Waals surface area contributed by atoms with Gasteiger partial charge in [-0.25, -0.2) is 4.98 Å². The van der Waals surface area contributed by atoms with Crippen molar-refractivity contribution < 1.29 is 0 Å². The zero-order valence-corrected chi connectivity index (χ0v) is 11.5. The molecule has 2 heterocycles. The first kappa shape index (κ1) is 12.3. The van der Waals surface area contributed by atoms with E-state index >= 15 is 0 Å². The van der Waals surface area contributed by atoms with Crippen molar-refractivity contribution in [3.05, 3.63) is 58.2 Å². The van der Waals surface area contributed by atoms with Crippen LogP contribution in [0.3, 0.4) is 0 Å². The Bertz CT molecular complexity index is 705. The summed E-state index contributed by atoms with van der Waals surface area (Å²) in [7, 11) is 0. The largest absolute Gasteiger partial charge is 0.324 e. The van der Waals surface area contributed by atoms with E-state index < -0.39 is 0 Å². The van der Waals surface area contributed by atoms with Gasteiger partial charge in [0.1, 0.15) is 0 Å². The van der Waals surface area contributed by atoms with E-state index in [0.29, 0.717) is 0 Å². The Morgan fingerprint density at radius 1 is 1.32 bits per heavy atom. The highest BCUT2D eigenvalue weighted by Gasteiger charge is 2.10. The van der Waals surface area contributed by atoms with Gasteiger partial charge in [-0.2, -0.15) is 0 Å². The lowest BCUT2D eigenvalue weighted by molar-refractivity contribution is 0.710. The van der Waals surface area contributed by atoms with E-state index in [9.17, 15) is 0 Å². The molecule has 0 saturated carbocycles. The van der Waals surface area contributed by atoms with E-state index in [0.717, 1.165) is 33.6 Å². The number of hydrogen-bond donors (Lipinski definition) is 1. The van der Waals surface area contributed by atoms with Crippen molar-refractivity contribution in [3.63, 3.8) is 0 Å². The number of thiazole rings is 1. The quantitative estimate of drug-likeness (QED) is 0.794. The molecule has 0 fully saturated rings. The molecule has 1 aromatic carbocycles. The summed E-state index contributed by atoms with van der Waals surface area (Å²) in [6.45, 7) is 2.02. The van der Waals surface area contributed by atoms with Crippen LogP contribution in [0.1, 0.15) is 22.3 Å². The summed E-state index contributed by atoms with van der Waals surface area (Å²) < 4.78 is 0. The predicted molar refractivity (Wildman–Crippen MR) is 79.2 cm³/mol. The standard InChI is InChI=1S/C15H15N3S/c1-10-18-13(9-19-10)8-14(16)11-4-5-15-12(7-11)3-2-6-17-15/h2-7,9,14H,8,16H2,1H3. The van der Waals surface area contributed by atoms with Crippen LogP contribution in [0.4, 0.5) is 0 Å². The van der Waals surface area contributed by atoms with Crippen LogP contribution in [-0.2, 0) is 6.42 Å². The molecule has 0 saturated heterocycles. The third-order valence-electron chi connectivity index (χ3n) is 3.15. The number of rotatable bonds is 3. The average Bonchev–Trinajstić information content (AvgIpc) is 2.83. The van der Waals surface area contributed by atoms with Crippen molar-refractivity contribution in [3.8, 4) is 0 Å². The van der Waals surface area contributed by atoms with Gasteiger partial charge in [-0.15, -0.1) is 11.3 Å². The Balaban J connectivity index is 1.86. The molecule has 0 spiro atoms. The van der Waals surface area contributed by atoms with Gasteiger partial charge < -0.3 is 5.73 Å². The number of hydrogen-bond acceptors (Lipinski definition) is 4. The summed E-state index contributed by atoms with van der Waals surface area (Å²) in [6, 6.07) is 10.2. The van der Waals surface area contributed by atoms with Gasteiger partial charge in [0.05, 0.1) is 16.2 Å². The van der Waals surface area contributed by atoms with Crippen LogP contribution in [0.15, 0.2) is 41.9 Å². The summed E-state index contributed by atoms with van der Waals surface area (Å²) in [5.74, 6) is 0. The number of fused-ring (bicyclic) bond motifs is 1. The summed E-state index contributed by atoms with van der Waals surface area (Å²) in [6.07, 6.45) is 2.58. The predicted octanol–water partition coefficient (Wildman–Crippen LogP) is 3.24. The highest BCUT2D eigenvalue weighted by atomic mass is 32.1. The minimum absolute atomic E-state index is 0.0221. The molecule has 3 aromatic rings. The molecule has 4 heteroatoms. The van der Waals surface area contributed by atoms with E-state index in [-0.39, 0.29) is 6.04 Å². The minimum Gasteiger partial charge on any atom is -0.324 e. The molecule has 19 heavy (non-hydrogen) atoms. The van der Waals surface area contributed by atoms with Crippen LogP contribution in [0.2, 0.25) is 0 Å². The van der Waals surface area contributed by atoms with Crippen LogP contribution in [0, 0.1) is 6.92 Å². The minimum atomic E-state index is -0.0221. The Hall–Kier alpha value is -1.78. The summed E-state index contributed by atoms with van der Waals surface area (Å²) in [5.41, 5.74) is 9.48. The van der Waals surface area contributed by atoms with Gasteiger partial charge in [-0.05, 0) is 30.7 Å². The van der Waals surface area contributed by atoms with Crippen molar-refractivity contribution >= 4 is 22.2 Å². The first-order valence-electron chi connectivity index (χ1n) is 6.23. The fraction of sp³-hybridized carbons (Fsp3) is 0.200. The van der Waals surface area contributed by atoms with Crippen molar-refractivity contribution in [1.29, 1.82) is 0 Å². The molecule has 3 nitrogen and oxygen atoms in total. The summed E-state index contributed by atoms with van der Waals surface area (Å²) in [5, 5.41) is 4.30. The second kappa shape index (κ2) is 5.07. The molecule has 1 unspecified atom stereocenters. The topological polar surface area (TPSA) is 51.8 Å². The van der Waals surface area contributed by atoms with Crippen LogP contribution in [-0.4, -0.2) is 9.97 Å². The second-order valence-corrected chi connectivity index (χ2v) is 5.69.